The van der Waals surface area contributed by atoms with Gasteiger partial charge in [-0.25, -0.2) is 0 Å². The Morgan fingerprint density at radius 1 is 0.893 bits per heavy atom. The Morgan fingerprint density at radius 3 is 2.18 bits per heavy atom. The van der Waals surface area contributed by atoms with E-state index in [1.165, 1.54) is 5.56 Å². The van der Waals surface area contributed by atoms with Crippen molar-refractivity contribution in [3.63, 3.8) is 0 Å². The molecule has 0 radical (unpaired) electrons. The number of nitriles is 2. The highest BCUT2D eigenvalue weighted by molar-refractivity contribution is 5.71. The van der Waals surface area contributed by atoms with Crippen LogP contribution in [0, 0.1) is 36.5 Å². The predicted octanol–water partition coefficient (Wildman–Crippen LogP) is 5.88. The Morgan fingerprint density at radius 2 is 1.57 bits per heavy atom. The lowest BCUT2D eigenvalue weighted by Crippen LogP contribution is -2.03. The van der Waals surface area contributed by atoms with Crippen molar-refractivity contribution in [2.24, 2.45) is 0 Å². The number of allylic oxidation sites excluding steroid dienone is 1. The number of para-hydroxylation sites is 1. The quantitative estimate of drug-likeness (QED) is 0.615. The Kier molecular flexibility index (Phi) is 5.58. The molecule has 3 aromatic rings. The van der Waals surface area contributed by atoms with Gasteiger partial charge in [-0.2, -0.15) is 10.5 Å². The molecule has 0 bridgehead atoms. The first kappa shape index (κ1) is 19.0. The van der Waals surface area contributed by atoms with Crippen molar-refractivity contribution in [1.29, 1.82) is 10.5 Å². The maximum absolute atomic E-state index is 9.21. The molecule has 0 saturated carbocycles. The lowest BCUT2D eigenvalue weighted by Gasteiger charge is -2.14. The van der Waals surface area contributed by atoms with Gasteiger partial charge in [-0.15, -0.1) is 0 Å². The maximum Gasteiger partial charge on any atom is 0.0992 e. The molecule has 0 unspecified atom stereocenters. The summed E-state index contributed by atoms with van der Waals surface area (Å²) in [6, 6.07) is 23.9. The van der Waals surface area contributed by atoms with Gasteiger partial charge in [0.25, 0.3) is 0 Å². The lowest BCUT2D eigenvalue weighted by molar-refractivity contribution is 1.15. The zero-order chi connectivity index (χ0) is 20.1. The molecule has 0 aromatic heterocycles. The summed E-state index contributed by atoms with van der Waals surface area (Å²) in [4.78, 5) is 0. The summed E-state index contributed by atoms with van der Waals surface area (Å²) in [5.41, 5.74) is 8.33. The van der Waals surface area contributed by atoms with E-state index in [1.807, 2.05) is 43.3 Å². The summed E-state index contributed by atoms with van der Waals surface area (Å²) < 4.78 is 0. The SMILES string of the molecule is C=C(Cc1ccc(-c2cc(C#N)cc(C#N)c2)c(C)c1)Nc1ccccc1C. The van der Waals surface area contributed by atoms with E-state index in [0.29, 0.717) is 11.1 Å². The largest absolute Gasteiger partial charge is 0.359 e. The van der Waals surface area contributed by atoms with E-state index in [2.05, 4.69) is 49.2 Å². The molecule has 1 N–H and O–H groups in total. The van der Waals surface area contributed by atoms with E-state index < -0.39 is 0 Å². The summed E-state index contributed by atoms with van der Waals surface area (Å²) >= 11 is 0. The first-order valence-corrected chi connectivity index (χ1v) is 9.06. The van der Waals surface area contributed by atoms with E-state index in [1.54, 1.807) is 6.07 Å². The zero-order valence-electron chi connectivity index (χ0n) is 16.1. The van der Waals surface area contributed by atoms with Crippen LogP contribution in [-0.4, -0.2) is 0 Å². The lowest BCUT2D eigenvalue weighted by atomic mass is 9.94. The molecule has 3 nitrogen and oxygen atoms in total. The summed E-state index contributed by atoms with van der Waals surface area (Å²) in [5, 5.41) is 21.8. The highest BCUT2D eigenvalue weighted by Gasteiger charge is 2.08. The molecule has 0 heterocycles. The van der Waals surface area contributed by atoms with Crippen LogP contribution in [-0.2, 0) is 6.42 Å². The van der Waals surface area contributed by atoms with Crippen LogP contribution in [0.5, 0.6) is 0 Å². The summed E-state index contributed by atoms with van der Waals surface area (Å²) in [6.07, 6.45) is 0.719. The van der Waals surface area contributed by atoms with Crippen LogP contribution in [0.1, 0.15) is 27.8 Å². The van der Waals surface area contributed by atoms with Crippen LogP contribution in [0.3, 0.4) is 0 Å². The van der Waals surface area contributed by atoms with E-state index in [-0.39, 0.29) is 0 Å². The number of nitrogens with one attached hydrogen (secondary N) is 1. The van der Waals surface area contributed by atoms with Gasteiger partial charge < -0.3 is 5.32 Å². The topological polar surface area (TPSA) is 59.6 Å². The molecule has 3 rings (SSSR count). The third kappa shape index (κ3) is 4.29. The van der Waals surface area contributed by atoms with Gasteiger partial charge in [0.2, 0.25) is 0 Å². The Bertz CT molecular complexity index is 1100. The van der Waals surface area contributed by atoms with Crippen molar-refractivity contribution in [3.05, 3.63) is 101 Å². The first-order valence-electron chi connectivity index (χ1n) is 9.06. The molecule has 3 heteroatoms. The second-order valence-corrected chi connectivity index (χ2v) is 6.89. The average Bonchev–Trinajstić information content (AvgIpc) is 2.69. The first-order chi connectivity index (χ1) is 13.5. The Balaban J connectivity index is 1.82. The van der Waals surface area contributed by atoms with E-state index in [0.717, 1.165) is 40.1 Å². The number of nitrogens with zero attached hydrogens (tertiary/aromatic N) is 2. The van der Waals surface area contributed by atoms with Crippen molar-refractivity contribution in [2.75, 3.05) is 5.32 Å². The highest BCUT2D eigenvalue weighted by atomic mass is 14.9. The van der Waals surface area contributed by atoms with Crippen LogP contribution >= 0.6 is 0 Å². The van der Waals surface area contributed by atoms with Gasteiger partial charge in [0.15, 0.2) is 0 Å². The van der Waals surface area contributed by atoms with Gasteiger partial charge in [0.05, 0.1) is 23.3 Å². The van der Waals surface area contributed by atoms with Gasteiger partial charge in [0, 0.05) is 17.8 Å². The van der Waals surface area contributed by atoms with E-state index >= 15 is 0 Å². The number of hydrogen-bond acceptors (Lipinski definition) is 3. The number of hydrogen-bond donors (Lipinski definition) is 1. The molecular weight excluding hydrogens is 342 g/mol. The Hall–Kier alpha value is -3.82. The predicted molar refractivity (Wildman–Crippen MR) is 114 cm³/mol. The molecule has 3 aromatic carbocycles. The second-order valence-electron chi connectivity index (χ2n) is 6.89. The van der Waals surface area contributed by atoms with Crippen molar-refractivity contribution in [1.82, 2.24) is 0 Å². The van der Waals surface area contributed by atoms with Crippen LogP contribution in [0.2, 0.25) is 0 Å². The molecule has 136 valence electrons. The normalized spacial score (nSPS) is 10.0. The molecule has 0 aliphatic carbocycles. The molecule has 0 aliphatic rings. The van der Waals surface area contributed by atoms with Crippen molar-refractivity contribution in [3.8, 4) is 23.3 Å². The molecule has 0 atom stereocenters. The van der Waals surface area contributed by atoms with E-state index in [9.17, 15) is 10.5 Å². The fraction of sp³-hybridized carbons (Fsp3) is 0.120. The van der Waals surface area contributed by atoms with Gasteiger partial charge in [-0.1, -0.05) is 43.0 Å². The second kappa shape index (κ2) is 8.25. The molecule has 0 aliphatic heterocycles. The van der Waals surface area contributed by atoms with Gasteiger partial charge in [-0.3, -0.25) is 0 Å². The van der Waals surface area contributed by atoms with E-state index in [4.69, 9.17) is 0 Å². The third-order valence-electron chi connectivity index (χ3n) is 4.67. The fourth-order valence-electron chi connectivity index (χ4n) is 3.27. The third-order valence-corrected chi connectivity index (χ3v) is 4.67. The number of benzene rings is 3. The standard InChI is InChI=1S/C25H21N3/c1-17-6-4-5-7-25(17)28-19(3)11-20-8-9-24(18(2)10-20)23-13-21(15-26)12-22(14-23)16-27/h4-10,12-14,28H,3,11H2,1-2H3. The molecule has 0 spiro atoms. The minimum Gasteiger partial charge on any atom is -0.359 e. The number of anilines is 1. The number of rotatable bonds is 5. The van der Waals surface area contributed by atoms with Crippen molar-refractivity contribution >= 4 is 5.69 Å². The Labute approximate surface area is 166 Å². The molecule has 0 fully saturated rings. The fourth-order valence-corrected chi connectivity index (χ4v) is 3.27. The smallest absolute Gasteiger partial charge is 0.0992 e. The molecule has 0 saturated heterocycles. The van der Waals surface area contributed by atoms with Crippen LogP contribution < -0.4 is 5.32 Å². The zero-order valence-corrected chi connectivity index (χ0v) is 16.1. The van der Waals surface area contributed by atoms with Crippen molar-refractivity contribution in [2.45, 2.75) is 20.3 Å². The summed E-state index contributed by atoms with van der Waals surface area (Å²) in [5.74, 6) is 0. The van der Waals surface area contributed by atoms with Crippen molar-refractivity contribution < 1.29 is 0 Å². The summed E-state index contributed by atoms with van der Waals surface area (Å²) in [7, 11) is 0. The van der Waals surface area contributed by atoms with Crippen LogP contribution in [0.25, 0.3) is 11.1 Å². The molecule has 0 amide bonds. The maximum atomic E-state index is 9.21. The summed E-state index contributed by atoms with van der Waals surface area (Å²) in [6.45, 7) is 8.27. The minimum atomic E-state index is 0.494. The highest BCUT2D eigenvalue weighted by Crippen LogP contribution is 2.27. The van der Waals surface area contributed by atoms with Gasteiger partial charge in [0.1, 0.15) is 0 Å². The van der Waals surface area contributed by atoms with Crippen LogP contribution in [0.15, 0.2) is 72.9 Å². The molecular formula is C25H21N3. The minimum absolute atomic E-state index is 0.494. The van der Waals surface area contributed by atoms with Crippen LogP contribution in [0.4, 0.5) is 5.69 Å². The monoisotopic (exact) mass is 363 g/mol. The number of aryl methyl sites for hydroxylation is 2. The van der Waals surface area contributed by atoms with Gasteiger partial charge >= 0.3 is 0 Å². The average molecular weight is 363 g/mol. The van der Waals surface area contributed by atoms with Gasteiger partial charge in [-0.05, 0) is 65.9 Å². The molecule has 28 heavy (non-hydrogen) atoms.